The van der Waals surface area contributed by atoms with E-state index in [1.807, 2.05) is 36.4 Å². The fourth-order valence-electron chi connectivity index (χ4n) is 1.25. The Morgan fingerprint density at radius 3 is 2.43 bits per heavy atom. The highest BCUT2D eigenvalue weighted by molar-refractivity contribution is 6.30. The maximum Gasteiger partial charge on any atom is 0.177 e. The van der Waals surface area contributed by atoms with Crippen molar-refractivity contribution in [2.45, 2.75) is 6.29 Å². The van der Waals surface area contributed by atoms with E-state index in [-0.39, 0.29) is 6.29 Å². The van der Waals surface area contributed by atoms with Gasteiger partial charge < -0.3 is 9.47 Å². The third kappa shape index (κ3) is 2.58. The molecule has 0 amide bonds. The molecule has 2 rings (SSSR count). The van der Waals surface area contributed by atoms with Gasteiger partial charge in [-0.2, -0.15) is 0 Å². The van der Waals surface area contributed by atoms with Crippen molar-refractivity contribution < 1.29 is 9.47 Å². The molecule has 0 unspecified atom stereocenters. The van der Waals surface area contributed by atoms with E-state index in [9.17, 15) is 0 Å². The van der Waals surface area contributed by atoms with Crippen molar-refractivity contribution >= 4 is 17.7 Å². The van der Waals surface area contributed by atoms with E-state index in [0.29, 0.717) is 13.2 Å². The molecule has 0 radical (unpaired) electrons. The van der Waals surface area contributed by atoms with E-state index < -0.39 is 0 Å². The summed E-state index contributed by atoms with van der Waals surface area (Å²) >= 11 is 5.77. The Morgan fingerprint density at radius 1 is 1.14 bits per heavy atom. The Kier molecular flexibility index (Phi) is 3.19. The highest BCUT2D eigenvalue weighted by Crippen LogP contribution is 2.12. The van der Waals surface area contributed by atoms with Gasteiger partial charge in [0.15, 0.2) is 6.29 Å². The third-order valence-electron chi connectivity index (χ3n) is 1.96. The van der Waals surface area contributed by atoms with Crippen molar-refractivity contribution in [3.63, 3.8) is 0 Å². The van der Waals surface area contributed by atoms with Crippen LogP contribution in [0.15, 0.2) is 30.3 Å². The Bertz CT molecular complexity index is 313. The predicted molar refractivity (Wildman–Crippen MR) is 56.2 cm³/mol. The molecule has 0 atom stereocenters. The molecule has 0 spiro atoms. The van der Waals surface area contributed by atoms with Crippen LogP contribution >= 0.6 is 11.6 Å². The fourth-order valence-corrected chi connectivity index (χ4v) is 1.38. The number of hydrogen-bond acceptors (Lipinski definition) is 2. The van der Waals surface area contributed by atoms with Crippen LogP contribution < -0.4 is 0 Å². The summed E-state index contributed by atoms with van der Waals surface area (Å²) in [5.74, 6) is 0. The first kappa shape index (κ1) is 9.71. The van der Waals surface area contributed by atoms with Crippen molar-refractivity contribution in [1.29, 1.82) is 0 Å². The highest BCUT2D eigenvalue weighted by atomic mass is 35.5. The summed E-state index contributed by atoms with van der Waals surface area (Å²) in [6.45, 7) is 1.35. The molecule has 0 N–H and O–H groups in total. The second-order valence-electron chi connectivity index (χ2n) is 3.02. The molecular formula is C11H11ClO2. The maximum atomic E-state index is 5.77. The largest absolute Gasteiger partial charge is 0.347 e. The molecule has 1 heterocycles. The molecule has 3 heteroatoms. The van der Waals surface area contributed by atoms with Gasteiger partial charge in [-0.05, 0) is 23.8 Å². The summed E-state index contributed by atoms with van der Waals surface area (Å²) in [5, 5.41) is 0.746. The first-order valence-corrected chi connectivity index (χ1v) is 4.89. The maximum absolute atomic E-state index is 5.77. The number of halogens is 1. The molecule has 1 aliphatic heterocycles. The lowest BCUT2D eigenvalue weighted by Gasteiger charge is -2.01. The predicted octanol–water partition coefficient (Wildman–Crippen LogP) is 2.73. The average molecular weight is 211 g/mol. The SMILES string of the molecule is Clc1ccc(/C=C\C2OCCO2)cc1. The molecular weight excluding hydrogens is 200 g/mol. The van der Waals surface area contributed by atoms with Gasteiger partial charge in [-0.15, -0.1) is 0 Å². The molecule has 0 aliphatic carbocycles. The zero-order chi connectivity index (χ0) is 9.80. The summed E-state index contributed by atoms with van der Waals surface area (Å²) in [5.41, 5.74) is 1.09. The number of ether oxygens (including phenoxy) is 2. The van der Waals surface area contributed by atoms with Crippen LogP contribution in [0.1, 0.15) is 5.56 Å². The van der Waals surface area contributed by atoms with Crippen LogP contribution in [0.3, 0.4) is 0 Å². The lowest BCUT2D eigenvalue weighted by Crippen LogP contribution is -2.01. The van der Waals surface area contributed by atoms with Crippen molar-refractivity contribution in [1.82, 2.24) is 0 Å². The Morgan fingerprint density at radius 2 is 1.79 bits per heavy atom. The second-order valence-corrected chi connectivity index (χ2v) is 3.46. The standard InChI is InChI=1S/C11H11ClO2/c12-10-4-1-9(2-5-10)3-6-11-13-7-8-14-11/h1-6,11H,7-8H2/b6-3-. The van der Waals surface area contributed by atoms with Crippen LogP contribution in [-0.4, -0.2) is 19.5 Å². The quantitative estimate of drug-likeness (QED) is 0.748. The monoisotopic (exact) mass is 210 g/mol. The zero-order valence-electron chi connectivity index (χ0n) is 7.65. The Hall–Kier alpha value is -0.830. The number of rotatable bonds is 2. The molecule has 1 aromatic carbocycles. The number of hydrogen-bond donors (Lipinski definition) is 0. The van der Waals surface area contributed by atoms with Crippen molar-refractivity contribution in [2.75, 3.05) is 13.2 Å². The van der Waals surface area contributed by atoms with Crippen LogP contribution in [0.2, 0.25) is 5.02 Å². The molecule has 1 saturated heterocycles. The van der Waals surface area contributed by atoms with Crippen LogP contribution in [0, 0.1) is 0 Å². The molecule has 74 valence electrons. The van der Waals surface area contributed by atoms with Crippen LogP contribution in [0.5, 0.6) is 0 Å². The lowest BCUT2D eigenvalue weighted by molar-refractivity contribution is -0.000907. The minimum Gasteiger partial charge on any atom is -0.347 e. The molecule has 0 saturated carbocycles. The van der Waals surface area contributed by atoms with Crippen LogP contribution in [-0.2, 0) is 9.47 Å². The number of benzene rings is 1. The summed E-state index contributed by atoms with van der Waals surface area (Å²) in [4.78, 5) is 0. The van der Waals surface area contributed by atoms with Crippen molar-refractivity contribution in [3.05, 3.63) is 40.9 Å². The highest BCUT2D eigenvalue weighted by Gasteiger charge is 2.11. The average Bonchev–Trinajstić information content (AvgIpc) is 2.70. The molecule has 2 nitrogen and oxygen atoms in total. The van der Waals surface area contributed by atoms with Crippen LogP contribution in [0.4, 0.5) is 0 Å². The zero-order valence-corrected chi connectivity index (χ0v) is 8.41. The molecule has 0 bridgehead atoms. The van der Waals surface area contributed by atoms with Crippen molar-refractivity contribution in [3.8, 4) is 0 Å². The van der Waals surface area contributed by atoms with Gasteiger partial charge in [-0.25, -0.2) is 0 Å². The molecule has 0 aromatic heterocycles. The first-order valence-electron chi connectivity index (χ1n) is 4.51. The lowest BCUT2D eigenvalue weighted by atomic mass is 10.2. The summed E-state index contributed by atoms with van der Waals surface area (Å²) in [6, 6.07) is 7.62. The molecule has 14 heavy (non-hydrogen) atoms. The minimum atomic E-state index is -0.189. The smallest absolute Gasteiger partial charge is 0.177 e. The Balaban J connectivity index is 1.99. The van der Waals surface area contributed by atoms with Gasteiger partial charge >= 0.3 is 0 Å². The normalized spacial score (nSPS) is 18.1. The Labute approximate surface area is 88.1 Å². The summed E-state index contributed by atoms with van der Waals surface area (Å²) < 4.78 is 10.5. The second kappa shape index (κ2) is 4.60. The van der Waals surface area contributed by atoms with E-state index in [1.54, 1.807) is 0 Å². The molecule has 1 fully saturated rings. The van der Waals surface area contributed by atoms with Gasteiger partial charge in [-0.3, -0.25) is 0 Å². The van der Waals surface area contributed by atoms with Gasteiger partial charge in [-0.1, -0.05) is 29.8 Å². The van der Waals surface area contributed by atoms with E-state index in [2.05, 4.69) is 0 Å². The van der Waals surface area contributed by atoms with E-state index in [1.165, 1.54) is 0 Å². The summed E-state index contributed by atoms with van der Waals surface area (Å²) in [6.07, 6.45) is 3.67. The van der Waals surface area contributed by atoms with Gasteiger partial charge in [0, 0.05) is 5.02 Å². The van der Waals surface area contributed by atoms with E-state index >= 15 is 0 Å². The minimum absolute atomic E-state index is 0.189. The molecule has 1 aliphatic rings. The van der Waals surface area contributed by atoms with Gasteiger partial charge in [0.2, 0.25) is 0 Å². The molecule has 1 aromatic rings. The first-order chi connectivity index (χ1) is 6.84. The summed E-state index contributed by atoms with van der Waals surface area (Å²) in [7, 11) is 0. The fraction of sp³-hybridized carbons (Fsp3) is 0.273. The van der Waals surface area contributed by atoms with Gasteiger partial charge in [0.25, 0.3) is 0 Å². The van der Waals surface area contributed by atoms with Crippen molar-refractivity contribution in [2.24, 2.45) is 0 Å². The van der Waals surface area contributed by atoms with Gasteiger partial charge in [0.05, 0.1) is 13.2 Å². The topological polar surface area (TPSA) is 18.5 Å². The van der Waals surface area contributed by atoms with E-state index in [4.69, 9.17) is 21.1 Å². The van der Waals surface area contributed by atoms with E-state index in [0.717, 1.165) is 10.6 Å². The third-order valence-corrected chi connectivity index (χ3v) is 2.22. The van der Waals surface area contributed by atoms with Gasteiger partial charge in [0.1, 0.15) is 0 Å². The van der Waals surface area contributed by atoms with Crippen LogP contribution in [0.25, 0.3) is 6.08 Å².